The molecule has 3 nitrogen and oxygen atoms in total. The topological polar surface area (TPSA) is 41.1 Å². The van der Waals surface area contributed by atoms with E-state index in [4.69, 9.17) is 0 Å². The predicted molar refractivity (Wildman–Crippen MR) is 116 cm³/mol. The van der Waals surface area contributed by atoms with Crippen LogP contribution in [-0.2, 0) is 6.42 Å². The van der Waals surface area contributed by atoms with Gasteiger partial charge in [-0.1, -0.05) is 60.2 Å². The van der Waals surface area contributed by atoms with Gasteiger partial charge in [-0.25, -0.2) is 4.79 Å². The van der Waals surface area contributed by atoms with E-state index in [0.717, 1.165) is 28.8 Å². The van der Waals surface area contributed by atoms with E-state index in [1.165, 1.54) is 27.8 Å². The molecule has 3 heteroatoms. The minimum atomic E-state index is -0.175. The van der Waals surface area contributed by atoms with Crippen molar-refractivity contribution in [3.8, 4) is 11.1 Å². The van der Waals surface area contributed by atoms with Crippen LogP contribution >= 0.6 is 0 Å². The lowest BCUT2D eigenvalue weighted by Gasteiger charge is -2.18. The Morgan fingerprint density at radius 2 is 1.57 bits per heavy atom. The molecule has 1 atom stereocenters. The van der Waals surface area contributed by atoms with E-state index in [2.05, 4.69) is 72.2 Å². The molecule has 0 saturated carbocycles. The lowest BCUT2D eigenvalue weighted by Crippen LogP contribution is -2.31. The fourth-order valence-electron chi connectivity index (χ4n) is 4.24. The van der Waals surface area contributed by atoms with Crippen LogP contribution in [0.1, 0.15) is 46.3 Å². The van der Waals surface area contributed by atoms with Crippen LogP contribution in [-0.4, -0.2) is 6.03 Å². The van der Waals surface area contributed by atoms with Crippen molar-refractivity contribution in [3.05, 3.63) is 88.0 Å². The summed E-state index contributed by atoms with van der Waals surface area (Å²) in [7, 11) is 0. The van der Waals surface area contributed by atoms with Crippen LogP contribution < -0.4 is 10.6 Å². The average molecular weight is 370 g/mol. The first-order chi connectivity index (χ1) is 13.4. The van der Waals surface area contributed by atoms with Gasteiger partial charge in [-0.2, -0.15) is 0 Å². The number of benzene rings is 3. The van der Waals surface area contributed by atoms with E-state index >= 15 is 0 Å². The van der Waals surface area contributed by atoms with E-state index in [9.17, 15) is 4.79 Å². The molecule has 3 aromatic rings. The molecule has 1 unspecified atom stereocenters. The SMILES string of the molecule is Cc1cc(C)c(NC(=O)NC(C)c2ccc3c(c2)Cc2ccccc2-3)c(C)c1. The van der Waals surface area contributed by atoms with Gasteiger partial charge in [0.25, 0.3) is 0 Å². The van der Waals surface area contributed by atoms with Gasteiger partial charge in [-0.15, -0.1) is 0 Å². The minimum absolute atomic E-state index is 0.0694. The summed E-state index contributed by atoms with van der Waals surface area (Å²) in [6.07, 6.45) is 0.958. The monoisotopic (exact) mass is 370 g/mol. The molecule has 0 radical (unpaired) electrons. The van der Waals surface area contributed by atoms with Crippen molar-refractivity contribution < 1.29 is 4.79 Å². The van der Waals surface area contributed by atoms with Crippen molar-refractivity contribution in [1.82, 2.24) is 5.32 Å². The molecule has 0 aliphatic heterocycles. The maximum Gasteiger partial charge on any atom is 0.319 e. The fraction of sp³-hybridized carbons (Fsp3) is 0.240. The van der Waals surface area contributed by atoms with Gasteiger partial charge in [-0.05, 0) is 73.1 Å². The molecule has 0 bridgehead atoms. The average Bonchev–Trinajstić information content (AvgIpc) is 3.02. The Labute approximate surface area is 166 Å². The summed E-state index contributed by atoms with van der Waals surface area (Å²) in [5.74, 6) is 0. The normalized spacial score (nSPS) is 12.9. The zero-order valence-corrected chi connectivity index (χ0v) is 16.9. The van der Waals surface area contributed by atoms with Crippen molar-refractivity contribution in [2.24, 2.45) is 0 Å². The Kier molecular flexibility index (Phi) is 4.68. The number of hydrogen-bond donors (Lipinski definition) is 2. The smallest absolute Gasteiger partial charge is 0.319 e. The number of carbonyl (C=O) groups excluding carboxylic acids is 1. The third-order valence-electron chi connectivity index (χ3n) is 5.58. The molecule has 2 N–H and O–H groups in total. The zero-order valence-electron chi connectivity index (χ0n) is 16.9. The summed E-state index contributed by atoms with van der Waals surface area (Å²) < 4.78 is 0. The maximum absolute atomic E-state index is 12.6. The van der Waals surface area contributed by atoms with Crippen LogP contribution in [0.4, 0.5) is 10.5 Å². The van der Waals surface area contributed by atoms with Crippen molar-refractivity contribution in [3.63, 3.8) is 0 Å². The maximum atomic E-state index is 12.6. The first kappa shape index (κ1) is 18.3. The van der Waals surface area contributed by atoms with E-state index in [-0.39, 0.29) is 12.1 Å². The molecule has 4 rings (SSSR count). The number of fused-ring (bicyclic) bond motifs is 3. The lowest BCUT2D eigenvalue weighted by atomic mass is 10.0. The number of nitrogens with one attached hydrogen (secondary N) is 2. The fourth-order valence-corrected chi connectivity index (χ4v) is 4.24. The van der Waals surface area contributed by atoms with Gasteiger partial charge in [0, 0.05) is 5.69 Å². The minimum Gasteiger partial charge on any atom is -0.331 e. The quantitative estimate of drug-likeness (QED) is 0.452. The first-order valence-electron chi connectivity index (χ1n) is 9.79. The molecular weight excluding hydrogens is 344 g/mol. The van der Waals surface area contributed by atoms with Crippen LogP contribution in [0.3, 0.4) is 0 Å². The van der Waals surface area contributed by atoms with Gasteiger partial charge < -0.3 is 10.6 Å². The summed E-state index contributed by atoms with van der Waals surface area (Å²) in [5, 5.41) is 6.10. The summed E-state index contributed by atoms with van der Waals surface area (Å²) in [6.45, 7) is 8.14. The van der Waals surface area contributed by atoms with Crippen LogP contribution in [0.15, 0.2) is 54.6 Å². The number of anilines is 1. The second kappa shape index (κ2) is 7.16. The molecule has 2 amide bonds. The molecule has 0 fully saturated rings. The number of carbonyl (C=O) groups is 1. The van der Waals surface area contributed by atoms with Gasteiger partial charge in [0.15, 0.2) is 0 Å². The Morgan fingerprint density at radius 3 is 2.32 bits per heavy atom. The summed E-state index contributed by atoms with van der Waals surface area (Å²) in [6, 6.07) is 19.0. The molecule has 1 aliphatic carbocycles. The molecule has 142 valence electrons. The van der Waals surface area contributed by atoms with Crippen molar-refractivity contribution in [2.75, 3.05) is 5.32 Å². The second-order valence-electron chi connectivity index (χ2n) is 7.84. The Balaban J connectivity index is 1.48. The predicted octanol–water partition coefficient (Wildman–Crippen LogP) is 6.07. The molecule has 0 spiro atoms. The van der Waals surface area contributed by atoms with E-state index in [1.54, 1.807) is 0 Å². The summed E-state index contributed by atoms with van der Waals surface area (Å²) in [4.78, 5) is 12.6. The number of aryl methyl sites for hydroxylation is 3. The van der Waals surface area contributed by atoms with Crippen LogP contribution in [0.5, 0.6) is 0 Å². The molecule has 0 aromatic heterocycles. The largest absolute Gasteiger partial charge is 0.331 e. The molecular formula is C25H26N2O. The number of hydrogen-bond acceptors (Lipinski definition) is 1. The number of urea groups is 1. The Morgan fingerprint density at radius 1 is 0.893 bits per heavy atom. The lowest BCUT2D eigenvalue weighted by molar-refractivity contribution is 0.249. The van der Waals surface area contributed by atoms with Crippen molar-refractivity contribution in [2.45, 2.75) is 40.2 Å². The standard InChI is InChI=1S/C25H26N2O/c1-15-11-16(2)24(17(3)12-15)27-25(28)26-18(4)19-9-10-23-21(13-19)14-20-7-5-6-8-22(20)23/h5-13,18H,14H2,1-4H3,(H2,26,27,28). The molecule has 1 aliphatic rings. The summed E-state index contributed by atoms with van der Waals surface area (Å²) >= 11 is 0. The molecule has 0 heterocycles. The molecule has 3 aromatic carbocycles. The van der Waals surface area contributed by atoms with Crippen molar-refractivity contribution in [1.29, 1.82) is 0 Å². The van der Waals surface area contributed by atoms with E-state index in [0.29, 0.717) is 0 Å². The Hall–Kier alpha value is -3.07. The highest BCUT2D eigenvalue weighted by molar-refractivity contribution is 5.91. The van der Waals surface area contributed by atoms with E-state index in [1.807, 2.05) is 20.8 Å². The van der Waals surface area contributed by atoms with Gasteiger partial charge in [-0.3, -0.25) is 0 Å². The number of amides is 2. The van der Waals surface area contributed by atoms with Crippen LogP contribution in [0.2, 0.25) is 0 Å². The second-order valence-corrected chi connectivity index (χ2v) is 7.84. The van der Waals surface area contributed by atoms with Crippen LogP contribution in [0, 0.1) is 20.8 Å². The van der Waals surface area contributed by atoms with Gasteiger partial charge >= 0.3 is 6.03 Å². The number of rotatable bonds is 3. The first-order valence-corrected chi connectivity index (χ1v) is 9.79. The van der Waals surface area contributed by atoms with Gasteiger partial charge in [0.05, 0.1) is 6.04 Å². The summed E-state index contributed by atoms with van der Waals surface area (Å²) in [5.41, 5.74) is 10.7. The van der Waals surface area contributed by atoms with E-state index < -0.39 is 0 Å². The third-order valence-corrected chi connectivity index (χ3v) is 5.58. The Bertz CT molecular complexity index is 1040. The zero-order chi connectivity index (χ0) is 19.8. The molecule has 28 heavy (non-hydrogen) atoms. The molecule has 0 saturated heterocycles. The van der Waals surface area contributed by atoms with Gasteiger partial charge in [0.1, 0.15) is 0 Å². The van der Waals surface area contributed by atoms with Crippen LogP contribution in [0.25, 0.3) is 11.1 Å². The highest BCUT2D eigenvalue weighted by Crippen LogP contribution is 2.37. The van der Waals surface area contributed by atoms with Gasteiger partial charge in [0.2, 0.25) is 0 Å². The third kappa shape index (κ3) is 3.40. The van der Waals surface area contributed by atoms with Crippen molar-refractivity contribution >= 4 is 11.7 Å². The highest BCUT2D eigenvalue weighted by Gasteiger charge is 2.19. The highest BCUT2D eigenvalue weighted by atomic mass is 16.2.